The van der Waals surface area contributed by atoms with Crippen molar-refractivity contribution in [3.8, 4) is 0 Å². The molecule has 5 heteroatoms. The second-order valence-corrected chi connectivity index (χ2v) is 12.3. The first-order chi connectivity index (χ1) is 14.8. The molecule has 4 nitrogen and oxygen atoms in total. The average molecular weight is 438 g/mol. The third kappa shape index (κ3) is 4.17. The summed E-state index contributed by atoms with van der Waals surface area (Å²) in [5.41, 5.74) is 1.65. The van der Waals surface area contributed by atoms with Crippen molar-refractivity contribution in [1.82, 2.24) is 4.90 Å². The minimum Gasteiger partial charge on any atom is -0.341 e. The minimum absolute atomic E-state index is 0.0354. The molecule has 1 amide bonds. The van der Waals surface area contributed by atoms with E-state index < -0.39 is 9.84 Å². The first-order valence-electron chi connectivity index (χ1n) is 11.4. The van der Waals surface area contributed by atoms with Gasteiger partial charge in [0.1, 0.15) is 0 Å². The van der Waals surface area contributed by atoms with E-state index in [-0.39, 0.29) is 11.7 Å². The Kier molecular flexibility index (Phi) is 5.20. The van der Waals surface area contributed by atoms with Crippen LogP contribution < -0.4 is 0 Å². The van der Waals surface area contributed by atoms with Gasteiger partial charge in [-0.1, -0.05) is 30.3 Å². The van der Waals surface area contributed by atoms with Crippen LogP contribution in [0.15, 0.2) is 59.5 Å². The zero-order valence-electron chi connectivity index (χ0n) is 18.2. The molecule has 0 spiro atoms. The third-order valence-corrected chi connectivity index (χ3v) is 9.45. The fourth-order valence-electron chi connectivity index (χ4n) is 6.95. The van der Waals surface area contributed by atoms with E-state index in [1.54, 1.807) is 54.6 Å². The normalized spacial score (nSPS) is 29.1. The molecule has 0 aromatic heterocycles. The highest BCUT2D eigenvalue weighted by Crippen LogP contribution is 2.60. The van der Waals surface area contributed by atoms with Gasteiger partial charge in [0.05, 0.1) is 10.6 Å². The van der Waals surface area contributed by atoms with E-state index in [9.17, 15) is 13.2 Å². The summed E-state index contributed by atoms with van der Waals surface area (Å²) < 4.78 is 25.2. The summed E-state index contributed by atoms with van der Waals surface area (Å²) >= 11 is 0. The van der Waals surface area contributed by atoms with Crippen molar-refractivity contribution >= 4 is 15.7 Å². The molecule has 0 atom stereocenters. The largest absolute Gasteiger partial charge is 0.341 e. The predicted molar refractivity (Wildman–Crippen MR) is 121 cm³/mol. The van der Waals surface area contributed by atoms with Gasteiger partial charge in [0.25, 0.3) is 5.91 Å². The fraction of sp³-hybridized carbons (Fsp3) is 0.500. The van der Waals surface area contributed by atoms with E-state index in [1.165, 1.54) is 38.5 Å². The average Bonchev–Trinajstić information content (AvgIpc) is 2.73. The van der Waals surface area contributed by atoms with Gasteiger partial charge in [0.2, 0.25) is 0 Å². The van der Waals surface area contributed by atoms with E-state index >= 15 is 0 Å². The van der Waals surface area contributed by atoms with Crippen LogP contribution in [0, 0.1) is 23.2 Å². The Balaban J connectivity index is 1.25. The van der Waals surface area contributed by atoms with E-state index in [0.29, 0.717) is 21.4 Å². The lowest BCUT2D eigenvalue weighted by molar-refractivity contribution is -0.0629. The Morgan fingerprint density at radius 2 is 1.45 bits per heavy atom. The quantitative estimate of drug-likeness (QED) is 0.643. The summed E-state index contributed by atoms with van der Waals surface area (Å²) in [7, 11) is -1.46. The Labute approximate surface area is 185 Å². The van der Waals surface area contributed by atoms with E-state index in [0.717, 1.165) is 24.3 Å². The zero-order chi connectivity index (χ0) is 21.6. The van der Waals surface area contributed by atoms with Crippen molar-refractivity contribution in [1.29, 1.82) is 0 Å². The van der Waals surface area contributed by atoms with Crippen LogP contribution in [0.1, 0.15) is 54.4 Å². The first-order valence-corrected chi connectivity index (χ1v) is 13.1. The Morgan fingerprint density at radius 1 is 0.903 bits per heavy atom. The maximum absolute atomic E-state index is 13.1. The smallest absolute Gasteiger partial charge is 0.253 e. The molecule has 0 N–H and O–H groups in total. The first kappa shape index (κ1) is 20.7. The molecular weight excluding hydrogens is 406 g/mol. The maximum atomic E-state index is 13.1. The van der Waals surface area contributed by atoms with Crippen LogP contribution in [0.4, 0.5) is 0 Å². The monoisotopic (exact) mass is 437 g/mol. The van der Waals surface area contributed by atoms with Gasteiger partial charge >= 0.3 is 0 Å². The van der Waals surface area contributed by atoms with Gasteiger partial charge in [-0.15, -0.1) is 0 Å². The molecular formula is C26H31NO3S. The molecule has 0 saturated heterocycles. The second kappa shape index (κ2) is 7.77. The number of carbonyl (C=O) groups is 1. The van der Waals surface area contributed by atoms with Gasteiger partial charge in [-0.2, -0.15) is 0 Å². The highest BCUT2D eigenvalue weighted by atomic mass is 32.2. The van der Waals surface area contributed by atoms with Gasteiger partial charge < -0.3 is 4.90 Å². The molecule has 0 radical (unpaired) electrons. The van der Waals surface area contributed by atoms with Crippen LogP contribution in [0.25, 0.3) is 0 Å². The number of amides is 1. The fourth-order valence-corrected chi connectivity index (χ4v) is 8.32. The molecule has 0 unspecified atom stereocenters. The lowest BCUT2D eigenvalue weighted by Crippen LogP contribution is -2.51. The van der Waals surface area contributed by atoms with Crippen molar-refractivity contribution in [2.24, 2.45) is 23.2 Å². The molecule has 31 heavy (non-hydrogen) atoms. The molecule has 4 bridgehead atoms. The van der Waals surface area contributed by atoms with Crippen molar-refractivity contribution in [2.75, 3.05) is 13.6 Å². The number of hydrogen-bond acceptors (Lipinski definition) is 3. The topological polar surface area (TPSA) is 54.5 Å². The van der Waals surface area contributed by atoms with Crippen LogP contribution in [0.5, 0.6) is 0 Å². The summed E-state index contributed by atoms with van der Waals surface area (Å²) in [6.07, 6.45) is 8.07. The van der Waals surface area contributed by atoms with Gasteiger partial charge in [-0.25, -0.2) is 8.42 Å². The summed E-state index contributed by atoms with van der Waals surface area (Å²) in [5.74, 6) is 2.60. The van der Waals surface area contributed by atoms with Crippen LogP contribution in [-0.4, -0.2) is 32.8 Å². The summed E-state index contributed by atoms with van der Waals surface area (Å²) in [6, 6.07) is 15.6. The lowest BCUT2D eigenvalue weighted by atomic mass is 9.49. The molecule has 4 fully saturated rings. The van der Waals surface area contributed by atoms with Crippen LogP contribution in [0.2, 0.25) is 0 Å². The van der Waals surface area contributed by atoms with E-state index in [1.807, 2.05) is 11.9 Å². The number of rotatable bonds is 6. The Bertz CT molecular complexity index is 1020. The van der Waals surface area contributed by atoms with Crippen molar-refractivity contribution in [3.63, 3.8) is 0 Å². The summed E-state index contributed by atoms with van der Waals surface area (Å²) in [4.78, 5) is 15.3. The van der Waals surface area contributed by atoms with Crippen molar-refractivity contribution in [3.05, 3.63) is 65.7 Å². The maximum Gasteiger partial charge on any atom is 0.253 e. The molecule has 4 aliphatic rings. The van der Waals surface area contributed by atoms with Gasteiger partial charge in [0.15, 0.2) is 9.84 Å². The molecule has 2 aromatic carbocycles. The number of nitrogens with zero attached hydrogens (tertiary/aromatic N) is 1. The standard InChI is InChI=1S/C26H31NO3S/c1-27(18-26-14-20-11-21(15-26)13-22(12-20)16-26)25(28)23-9-7-19(8-10-23)17-31(29,30)24-5-3-2-4-6-24/h2-10,20-22H,11-18H2,1H3. The molecule has 0 aliphatic heterocycles. The minimum atomic E-state index is -3.39. The molecule has 164 valence electrons. The van der Waals surface area contributed by atoms with Crippen LogP contribution in [0.3, 0.4) is 0 Å². The van der Waals surface area contributed by atoms with Crippen molar-refractivity contribution in [2.45, 2.75) is 49.2 Å². The SMILES string of the molecule is CN(CC12CC3CC(CC(C3)C1)C2)C(=O)c1ccc(CS(=O)(=O)c2ccccc2)cc1. The number of hydrogen-bond donors (Lipinski definition) is 0. The zero-order valence-corrected chi connectivity index (χ0v) is 19.0. The summed E-state index contributed by atoms with van der Waals surface area (Å²) in [5, 5.41) is 0. The molecule has 4 saturated carbocycles. The number of sulfone groups is 1. The number of benzene rings is 2. The molecule has 0 heterocycles. The van der Waals surface area contributed by atoms with Crippen LogP contribution in [-0.2, 0) is 15.6 Å². The Morgan fingerprint density at radius 3 is 2.00 bits per heavy atom. The number of carbonyl (C=O) groups excluding carboxylic acids is 1. The van der Waals surface area contributed by atoms with Gasteiger partial charge in [-0.05, 0) is 91.5 Å². The van der Waals surface area contributed by atoms with E-state index in [2.05, 4.69) is 0 Å². The lowest BCUT2D eigenvalue weighted by Gasteiger charge is -2.57. The predicted octanol–water partition coefficient (Wildman–Crippen LogP) is 4.95. The van der Waals surface area contributed by atoms with Gasteiger partial charge in [0, 0.05) is 19.2 Å². The van der Waals surface area contributed by atoms with Gasteiger partial charge in [-0.3, -0.25) is 4.79 Å². The second-order valence-electron chi connectivity index (χ2n) is 10.3. The highest BCUT2D eigenvalue weighted by molar-refractivity contribution is 7.90. The van der Waals surface area contributed by atoms with Crippen LogP contribution >= 0.6 is 0 Å². The third-order valence-electron chi connectivity index (χ3n) is 7.74. The summed E-state index contributed by atoms with van der Waals surface area (Å²) in [6.45, 7) is 0.847. The molecule has 6 rings (SSSR count). The molecule has 2 aromatic rings. The molecule has 4 aliphatic carbocycles. The highest BCUT2D eigenvalue weighted by Gasteiger charge is 2.51. The van der Waals surface area contributed by atoms with E-state index in [4.69, 9.17) is 0 Å². The Hall–Kier alpha value is -2.14. The van der Waals surface area contributed by atoms with Crippen molar-refractivity contribution < 1.29 is 13.2 Å².